The van der Waals surface area contributed by atoms with Crippen LogP contribution < -0.4 is 5.32 Å². The highest BCUT2D eigenvalue weighted by Gasteiger charge is 2.64. The number of carboxylic acid groups (broad SMARTS) is 1. The van der Waals surface area contributed by atoms with Gasteiger partial charge in [-0.3, -0.25) is 0 Å². The Morgan fingerprint density at radius 1 is 1.39 bits per heavy atom. The maximum atomic E-state index is 11.1. The largest absolute Gasteiger partial charge is 0.478 e. The van der Waals surface area contributed by atoms with E-state index >= 15 is 0 Å². The van der Waals surface area contributed by atoms with E-state index in [4.69, 9.17) is 5.11 Å². The Morgan fingerprint density at radius 2 is 2.00 bits per heavy atom. The van der Waals surface area contributed by atoms with Crippen molar-refractivity contribution in [1.29, 1.82) is 0 Å². The first kappa shape index (κ1) is 12.9. The Balaban J connectivity index is 2.07. The molecule has 0 unspecified atom stereocenters. The Labute approximate surface area is 107 Å². The molecule has 2 rings (SSSR count). The normalized spacial score (nSPS) is 20.4. The molecule has 1 saturated carbocycles. The fraction of sp³-hybridized carbons (Fsp3) is 0.571. The highest BCUT2D eigenvalue weighted by molar-refractivity contribution is 5.92. The summed E-state index contributed by atoms with van der Waals surface area (Å²) in [4.78, 5) is 15.2. The number of nitrogens with zero attached hydrogens (tertiary/aromatic N) is 1. The molecular formula is C14H20N2O2. The highest BCUT2D eigenvalue weighted by Crippen LogP contribution is 2.68. The van der Waals surface area contributed by atoms with Crippen LogP contribution in [0.2, 0.25) is 0 Å². The van der Waals surface area contributed by atoms with Crippen molar-refractivity contribution in [3.63, 3.8) is 0 Å². The summed E-state index contributed by atoms with van der Waals surface area (Å²) in [7, 11) is 0. The first-order valence-corrected chi connectivity index (χ1v) is 6.20. The van der Waals surface area contributed by atoms with Crippen molar-refractivity contribution >= 4 is 11.8 Å². The molecule has 98 valence electrons. The molecule has 4 heteroatoms. The van der Waals surface area contributed by atoms with Crippen molar-refractivity contribution in [1.82, 2.24) is 4.98 Å². The third-order valence-corrected chi connectivity index (χ3v) is 4.83. The predicted molar refractivity (Wildman–Crippen MR) is 70.7 cm³/mol. The van der Waals surface area contributed by atoms with Gasteiger partial charge in [-0.25, -0.2) is 9.78 Å². The zero-order valence-electron chi connectivity index (χ0n) is 11.3. The second-order valence-corrected chi connectivity index (χ2v) is 6.08. The average Bonchev–Trinajstić information content (AvgIpc) is 2.67. The topological polar surface area (TPSA) is 62.2 Å². The Morgan fingerprint density at radius 3 is 2.50 bits per heavy atom. The minimum atomic E-state index is -0.945. The summed E-state index contributed by atoms with van der Waals surface area (Å²) in [6, 6.07) is 3.21. The molecule has 18 heavy (non-hydrogen) atoms. The number of aromatic carboxylic acids is 1. The number of hydrogen-bond donors (Lipinski definition) is 2. The fourth-order valence-corrected chi connectivity index (χ4v) is 2.76. The third-order valence-electron chi connectivity index (χ3n) is 4.83. The van der Waals surface area contributed by atoms with Gasteiger partial charge in [-0.05, 0) is 28.9 Å². The maximum absolute atomic E-state index is 11.1. The summed E-state index contributed by atoms with van der Waals surface area (Å²) in [5.74, 6) is 0.0528. The lowest BCUT2D eigenvalue weighted by Crippen LogP contribution is -2.12. The predicted octanol–water partition coefficient (Wildman–Crippen LogP) is 2.87. The van der Waals surface area contributed by atoms with E-state index in [2.05, 4.69) is 38.0 Å². The van der Waals surface area contributed by atoms with Gasteiger partial charge in [0, 0.05) is 12.7 Å². The standard InChI is InChI=1S/C14H20N2O2/c1-13(2)10(14(13,3)4)8-16-11-9(12(17)18)6-5-7-15-11/h5-7,10H,8H2,1-4H3,(H,15,16)(H,17,18). The summed E-state index contributed by atoms with van der Waals surface area (Å²) in [5.41, 5.74) is 0.810. The van der Waals surface area contributed by atoms with E-state index in [0.29, 0.717) is 11.7 Å². The van der Waals surface area contributed by atoms with Crippen LogP contribution in [0.3, 0.4) is 0 Å². The minimum absolute atomic E-state index is 0.230. The molecule has 0 radical (unpaired) electrons. The van der Waals surface area contributed by atoms with Gasteiger partial charge >= 0.3 is 5.97 Å². The van der Waals surface area contributed by atoms with Crippen LogP contribution >= 0.6 is 0 Å². The molecule has 1 aromatic heterocycles. The highest BCUT2D eigenvalue weighted by atomic mass is 16.4. The molecule has 0 aromatic carbocycles. The van der Waals surface area contributed by atoms with E-state index in [1.54, 1.807) is 18.3 Å². The van der Waals surface area contributed by atoms with Crippen LogP contribution in [-0.4, -0.2) is 22.6 Å². The van der Waals surface area contributed by atoms with E-state index in [9.17, 15) is 4.79 Å². The minimum Gasteiger partial charge on any atom is -0.478 e. The van der Waals surface area contributed by atoms with Gasteiger partial charge in [-0.15, -0.1) is 0 Å². The van der Waals surface area contributed by atoms with E-state index in [1.807, 2.05) is 0 Å². The van der Waals surface area contributed by atoms with Crippen molar-refractivity contribution in [2.24, 2.45) is 16.7 Å². The molecule has 0 amide bonds. The second-order valence-electron chi connectivity index (χ2n) is 6.08. The van der Waals surface area contributed by atoms with Gasteiger partial charge in [0.05, 0.1) is 0 Å². The van der Waals surface area contributed by atoms with Gasteiger partial charge in [-0.1, -0.05) is 27.7 Å². The van der Waals surface area contributed by atoms with E-state index < -0.39 is 5.97 Å². The number of pyridine rings is 1. The molecule has 1 aliphatic rings. The van der Waals surface area contributed by atoms with Crippen LogP contribution in [0, 0.1) is 16.7 Å². The van der Waals surface area contributed by atoms with Gasteiger partial charge in [0.1, 0.15) is 11.4 Å². The second kappa shape index (κ2) is 3.97. The summed E-state index contributed by atoms with van der Waals surface area (Å²) in [5, 5.41) is 12.2. The van der Waals surface area contributed by atoms with Gasteiger partial charge < -0.3 is 10.4 Å². The SMILES string of the molecule is CC1(C)C(CNc2ncccc2C(=O)O)C1(C)C. The number of nitrogens with one attached hydrogen (secondary N) is 1. The maximum Gasteiger partial charge on any atom is 0.339 e. The molecule has 0 saturated heterocycles. The first-order valence-electron chi connectivity index (χ1n) is 6.20. The van der Waals surface area contributed by atoms with Crippen LogP contribution in [0.25, 0.3) is 0 Å². The zero-order chi connectivity index (χ0) is 13.6. The number of anilines is 1. The van der Waals surface area contributed by atoms with Crippen LogP contribution in [-0.2, 0) is 0 Å². The van der Waals surface area contributed by atoms with Crippen molar-refractivity contribution in [3.8, 4) is 0 Å². The van der Waals surface area contributed by atoms with Crippen LogP contribution in [0.5, 0.6) is 0 Å². The third kappa shape index (κ3) is 1.85. The smallest absolute Gasteiger partial charge is 0.339 e. The molecule has 1 fully saturated rings. The van der Waals surface area contributed by atoms with Gasteiger partial charge in [0.15, 0.2) is 0 Å². The number of rotatable bonds is 4. The van der Waals surface area contributed by atoms with Gasteiger partial charge in [0.2, 0.25) is 0 Å². The molecule has 0 aliphatic heterocycles. The average molecular weight is 248 g/mol. The molecule has 0 atom stereocenters. The molecule has 0 spiro atoms. The van der Waals surface area contributed by atoms with E-state index in [-0.39, 0.29) is 16.4 Å². The van der Waals surface area contributed by atoms with E-state index in [1.165, 1.54) is 0 Å². The lowest BCUT2D eigenvalue weighted by molar-refractivity contribution is 0.0697. The number of carboxylic acids is 1. The van der Waals surface area contributed by atoms with E-state index in [0.717, 1.165) is 6.54 Å². The zero-order valence-corrected chi connectivity index (χ0v) is 11.3. The Bertz CT molecular complexity index is 466. The molecular weight excluding hydrogens is 228 g/mol. The van der Waals surface area contributed by atoms with Crippen molar-refractivity contribution in [2.75, 3.05) is 11.9 Å². The number of hydrogen-bond acceptors (Lipinski definition) is 3. The summed E-state index contributed by atoms with van der Waals surface area (Å²) in [6.07, 6.45) is 1.61. The molecule has 2 N–H and O–H groups in total. The van der Waals surface area contributed by atoms with Crippen molar-refractivity contribution < 1.29 is 9.90 Å². The first-order chi connectivity index (χ1) is 8.28. The van der Waals surface area contributed by atoms with Crippen LogP contribution in [0.4, 0.5) is 5.82 Å². The van der Waals surface area contributed by atoms with Crippen molar-refractivity contribution in [2.45, 2.75) is 27.7 Å². The summed E-state index contributed by atoms with van der Waals surface area (Å²) >= 11 is 0. The molecule has 0 bridgehead atoms. The monoisotopic (exact) mass is 248 g/mol. The molecule has 4 nitrogen and oxygen atoms in total. The van der Waals surface area contributed by atoms with Gasteiger partial charge in [0.25, 0.3) is 0 Å². The fourth-order valence-electron chi connectivity index (χ4n) is 2.76. The van der Waals surface area contributed by atoms with Gasteiger partial charge in [-0.2, -0.15) is 0 Å². The lowest BCUT2D eigenvalue weighted by Gasteiger charge is -2.09. The molecule has 1 aliphatic carbocycles. The Hall–Kier alpha value is -1.58. The molecule has 1 aromatic rings. The number of carbonyl (C=O) groups is 1. The quantitative estimate of drug-likeness (QED) is 0.860. The van der Waals surface area contributed by atoms with Crippen LogP contribution in [0.15, 0.2) is 18.3 Å². The van der Waals surface area contributed by atoms with Crippen molar-refractivity contribution in [3.05, 3.63) is 23.9 Å². The lowest BCUT2D eigenvalue weighted by atomic mass is 10.0. The number of aromatic nitrogens is 1. The summed E-state index contributed by atoms with van der Waals surface area (Å²) < 4.78 is 0. The van der Waals surface area contributed by atoms with Crippen LogP contribution in [0.1, 0.15) is 38.1 Å². The Kier molecular flexibility index (Phi) is 2.84. The molecule has 1 heterocycles. The summed E-state index contributed by atoms with van der Waals surface area (Å²) in [6.45, 7) is 9.74.